The molecule has 0 amide bonds. The van der Waals surface area contributed by atoms with Crippen LogP contribution in [0.15, 0.2) is 0 Å². The van der Waals surface area contributed by atoms with E-state index in [1.807, 2.05) is 6.92 Å². The molecule has 3 heteroatoms. The summed E-state index contributed by atoms with van der Waals surface area (Å²) in [6.45, 7) is 7.17. The highest BCUT2D eigenvalue weighted by atomic mass is 16.7. The molecular formula is C10H20O3. The van der Waals surface area contributed by atoms with Crippen LogP contribution in [0.1, 0.15) is 40.0 Å². The van der Waals surface area contributed by atoms with E-state index in [1.165, 1.54) is 0 Å². The Kier molecular flexibility index (Phi) is 7.45. The van der Waals surface area contributed by atoms with E-state index in [4.69, 9.17) is 9.47 Å². The molecule has 0 saturated heterocycles. The lowest BCUT2D eigenvalue weighted by Gasteiger charge is -2.06. The van der Waals surface area contributed by atoms with Crippen LogP contribution in [0.5, 0.6) is 0 Å². The van der Waals surface area contributed by atoms with Gasteiger partial charge in [-0.15, -0.1) is 0 Å². The third-order valence-electron chi connectivity index (χ3n) is 1.57. The van der Waals surface area contributed by atoms with Gasteiger partial charge in [0.2, 0.25) is 0 Å². The van der Waals surface area contributed by atoms with Crippen molar-refractivity contribution in [1.82, 2.24) is 0 Å². The minimum atomic E-state index is -0.536. The van der Waals surface area contributed by atoms with Gasteiger partial charge in [-0.25, -0.2) is 4.79 Å². The summed E-state index contributed by atoms with van der Waals surface area (Å²) in [5.41, 5.74) is 0. The molecule has 3 nitrogen and oxygen atoms in total. The minimum absolute atomic E-state index is 0.447. The van der Waals surface area contributed by atoms with Crippen molar-refractivity contribution in [3.8, 4) is 0 Å². The zero-order valence-corrected chi connectivity index (χ0v) is 8.84. The first-order chi connectivity index (χ1) is 6.16. The van der Waals surface area contributed by atoms with Crippen LogP contribution in [0.3, 0.4) is 0 Å². The third kappa shape index (κ3) is 9.18. The zero-order valence-electron chi connectivity index (χ0n) is 8.84. The first-order valence-electron chi connectivity index (χ1n) is 4.96. The highest BCUT2D eigenvalue weighted by Gasteiger charge is 2.02. The normalized spacial score (nSPS) is 10.2. The standard InChI is InChI=1S/C10H20O3/c1-4-7-12-10(11)13-8-5-6-9(2)3/h9H,4-8H2,1-3H3. The predicted octanol–water partition coefficient (Wildman–Crippen LogP) is 2.99. The molecule has 0 N–H and O–H groups in total. The van der Waals surface area contributed by atoms with E-state index in [9.17, 15) is 4.79 Å². The van der Waals surface area contributed by atoms with Gasteiger partial charge in [0.25, 0.3) is 0 Å². The number of rotatable bonds is 6. The fourth-order valence-corrected chi connectivity index (χ4v) is 0.874. The van der Waals surface area contributed by atoms with Crippen LogP contribution in [0.4, 0.5) is 4.79 Å². The molecule has 0 aromatic carbocycles. The van der Waals surface area contributed by atoms with Gasteiger partial charge in [-0.1, -0.05) is 20.8 Å². The molecule has 0 heterocycles. The first kappa shape index (κ1) is 12.3. The maximum absolute atomic E-state index is 10.8. The summed E-state index contributed by atoms with van der Waals surface area (Å²) in [4.78, 5) is 10.8. The van der Waals surface area contributed by atoms with Crippen molar-refractivity contribution in [3.63, 3.8) is 0 Å². The van der Waals surface area contributed by atoms with Crippen molar-refractivity contribution in [2.75, 3.05) is 13.2 Å². The number of ether oxygens (including phenoxy) is 2. The molecule has 78 valence electrons. The SMILES string of the molecule is CCCOC(=O)OCCCC(C)C. The minimum Gasteiger partial charge on any atom is -0.434 e. The molecular weight excluding hydrogens is 168 g/mol. The Bertz CT molecular complexity index is 132. The Balaban J connectivity index is 3.17. The molecule has 0 bridgehead atoms. The highest BCUT2D eigenvalue weighted by Crippen LogP contribution is 2.03. The zero-order chi connectivity index (χ0) is 10.1. The van der Waals surface area contributed by atoms with Crippen LogP contribution in [0, 0.1) is 5.92 Å². The van der Waals surface area contributed by atoms with Crippen molar-refractivity contribution in [3.05, 3.63) is 0 Å². The van der Waals surface area contributed by atoms with Crippen molar-refractivity contribution in [2.24, 2.45) is 5.92 Å². The molecule has 0 spiro atoms. The van der Waals surface area contributed by atoms with Crippen molar-refractivity contribution in [1.29, 1.82) is 0 Å². The van der Waals surface area contributed by atoms with Crippen molar-refractivity contribution >= 4 is 6.16 Å². The fraction of sp³-hybridized carbons (Fsp3) is 0.900. The quantitative estimate of drug-likeness (QED) is 0.475. The molecule has 0 saturated carbocycles. The van der Waals surface area contributed by atoms with Crippen LogP contribution in [-0.2, 0) is 9.47 Å². The van der Waals surface area contributed by atoms with Gasteiger partial charge in [0.1, 0.15) is 0 Å². The first-order valence-corrected chi connectivity index (χ1v) is 4.96. The summed E-state index contributed by atoms with van der Waals surface area (Å²) < 4.78 is 9.57. The Labute approximate surface area is 80.4 Å². The van der Waals surface area contributed by atoms with Gasteiger partial charge < -0.3 is 9.47 Å². The van der Waals surface area contributed by atoms with E-state index in [0.717, 1.165) is 19.3 Å². The predicted molar refractivity (Wildman–Crippen MR) is 51.7 cm³/mol. The van der Waals surface area contributed by atoms with E-state index >= 15 is 0 Å². The van der Waals surface area contributed by atoms with E-state index < -0.39 is 6.16 Å². The van der Waals surface area contributed by atoms with E-state index in [0.29, 0.717) is 19.1 Å². The van der Waals surface area contributed by atoms with E-state index in [1.54, 1.807) is 0 Å². The smallest absolute Gasteiger partial charge is 0.434 e. The Morgan fingerprint density at radius 2 is 1.85 bits per heavy atom. The average Bonchev–Trinajstić information content (AvgIpc) is 2.08. The van der Waals surface area contributed by atoms with Crippen LogP contribution >= 0.6 is 0 Å². The monoisotopic (exact) mass is 188 g/mol. The summed E-state index contributed by atoms with van der Waals surface area (Å²) in [6.07, 6.45) is 2.30. The summed E-state index contributed by atoms with van der Waals surface area (Å²) >= 11 is 0. The lowest BCUT2D eigenvalue weighted by atomic mass is 10.1. The maximum atomic E-state index is 10.8. The van der Waals surface area contributed by atoms with Crippen molar-refractivity contribution < 1.29 is 14.3 Å². The van der Waals surface area contributed by atoms with E-state index in [2.05, 4.69) is 13.8 Å². The number of carbonyl (C=O) groups excluding carboxylic acids is 1. The Morgan fingerprint density at radius 1 is 1.23 bits per heavy atom. The number of carbonyl (C=O) groups is 1. The Hall–Kier alpha value is -0.730. The molecule has 13 heavy (non-hydrogen) atoms. The van der Waals surface area contributed by atoms with Gasteiger partial charge in [0, 0.05) is 0 Å². The largest absolute Gasteiger partial charge is 0.508 e. The second kappa shape index (κ2) is 7.90. The fourth-order valence-electron chi connectivity index (χ4n) is 0.874. The van der Waals surface area contributed by atoms with Crippen LogP contribution in [-0.4, -0.2) is 19.4 Å². The van der Waals surface area contributed by atoms with Gasteiger partial charge in [-0.2, -0.15) is 0 Å². The highest BCUT2D eigenvalue weighted by molar-refractivity contribution is 5.59. The van der Waals surface area contributed by atoms with E-state index in [-0.39, 0.29) is 0 Å². The topological polar surface area (TPSA) is 35.5 Å². The molecule has 0 aliphatic rings. The van der Waals surface area contributed by atoms with Crippen molar-refractivity contribution in [2.45, 2.75) is 40.0 Å². The molecule has 0 atom stereocenters. The lowest BCUT2D eigenvalue weighted by molar-refractivity contribution is 0.0537. The van der Waals surface area contributed by atoms with Gasteiger partial charge in [0.05, 0.1) is 13.2 Å². The third-order valence-corrected chi connectivity index (χ3v) is 1.57. The molecule has 0 aliphatic heterocycles. The average molecular weight is 188 g/mol. The maximum Gasteiger partial charge on any atom is 0.508 e. The van der Waals surface area contributed by atoms with Crippen LogP contribution < -0.4 is 0 Å². The molecule has 0 unspecified atom stereocenters. The summed E-state index contributed by atoms with van der Waals surface area (Å²) in [5, 5.41) is 0. The number of hydrogen-bond acceptors (Lipinski definition) is 3. The van der Waals surface area contributed by atoms with Gasteiger partial charge >= 0.3 is 6.16 Å². The second-order valence-corrected chi connectivity index (χ2v) is 3.48. The van der Waals surface area contributed by atoms with Crippen LogP contribution in [0.25, 0.3) is 0 Å². The summed E-state index contributed by atoms with van der Waals surface area (Å²) in [6, 6.07) is 0. The van der Waals surface area contributed by atoms with Gasteiger partial charge in [-0.05, 0) is 25.2 Å². The number of hydrogen-bond donors (Lipinski definition) is 0. The molecule has 0 fully saturated rings. The summed E-state index contributed by atoms with van der Waals surface area (Å²) in [7, 11) is 0. The molecule has 0 aliphatic carbocycles. The molecule has 0 aromatic heterocycles. The molecule has 0 rings (SSSR count). The van der Waals surface area contributed by atoms with Crippen LogP contribution in [0.2, 0.25) is 0 Å². The lowest BCUT2D eigenvalue weighted by Crippen LogP contribution is -2.09. The van der Waals surface area contributed by atoms with Gasteiger partial charge in [0.15, 0.2) is 0 Å². The van der Waals surface area contributed by atoms with Gasteiger partial charge in [-0.3, -0.25) is 0 Å². The Morgan fingerprint density at radius 3 is 2.38 bits per heavy atom. The second-order valence-electron chi connectivity index (χ2n) is 3.48. The summed E-state index contributed by atoms with van der Waals surface area (Å²) in [5.74, 6) is 0.662. The molecule has 0 aromatic rings. The molecule has 0 radical (unpaired) electrons.